The highest BCUT2D eigenvalue weighted by molar-refractivity contribution is 6.01. The molecule has 1 amide bonds. The summed E-state index contributed by atoms with van der Waals surface area (Å²) in [4.78, 5) is 18.2. The normalized spacial score (nSPS) is 13.3. The van der Waals surface area contributed by atoms with Gasteiger partial charge in [0.2, 0.25) is 0 Å². The molecule has 3 heterocycles. The van der Waals surface area contributed by atoms with Crippen molar-refractivity contribution in [2.24, 2.45) is 0 Å². The SMILES string of the molecule is O=C1c2c(cccc2Oc2ncc(C(F)(F)F)cc2F)CN1Cc1ccc(-n2cccn2)cc1. The molecule has 1 aliphatic heterocycles. The molecule has 34 heavy (non-hydrogen) atoms. The molecule has 0 spiro atoms. The molecule has 172 valence electrons. The minimum atomic E-state index is -4.73. The highest BCUT2D eigenvalue weighted by Crippen LogP contribution is 2.36. The van der Waals surface area contributed by atoms with Gasteiger partial charge in [-0.15, -0.1) is 0 Å². The first kappa shape index (κ1) is 21.6. The number of hydrogen-bond acceptors (Lipinski definition) is 4. The van der Waals surface area contributed by atoms with Crippen molar-refractivity contribution in [2.45, 2.75) is 19.3 Å². The number of carbonyl (C=O) groups is 1. The van der Waals surface area contributed by atoms with E-state index in [0.717, 1.165) is 11.3 Å². The quantitative estimate of drug-likeness (QED) is 0.370. The lowest BCUT2D eigenvalue weighted by atomic mass is 10.1. The van der Waals surface area contributed by atoms with Crippen molar-refractivity contribution in [1.82, 2.24) is 19.7 Å². The third kappa shape index (κ3) is 4.09. The lowest BCUT2D eigenvalue weighted by Crippen LogP contribution is -2.23. The summed E-state index contributed by atoms with van der Waals surface area (Å²) in [7, 11) is 0. The van der Waals surface area contributed by atoms with Crippen LogP contribution in [0.4, 0.5) is 17.6 Å². The predicted octanol–water partition coefficient (Wildman–Crippen LogP) is 5.37. The van der Waals surface area contributed by atoms with Crippen LogP contribution in [0.15, 0.2) is 73.2 Å². The molecule has 2 aromatic heterocycles. The lowest BCUT2D eigenvalue weighted by molar-refractivity contribution is -0.138. The molecule has 0 fully saturated rings. The summed E-state index contributed by atoms with van der Waals surface area (Å²) in [6, 6.07) is 14.5. The Hall–Kier alpha value is -4.21. The highest BCUT2D eigenvalue weighted by atomic mass is 19.4. The maximum atomic E-state index is 14.2. The van der Waals surface area contributed by atoms with E-state index in [-0.39, 0.29) is 17.2 Å². The number of ether oxygens (including phenoxy) is 1. The molecule has 6 nitrogen and oxygen atoms in total. The molecule has 0 saturated carbocycles. The fourth-order valence-corrected chi connectivity index (χ4v) is 3.76. The first-order valence-corrected chi connectivity index (χ1v) is 10.2. The Morgan fingerprint density at radius 1 is 1.06 bits per heavy atom. The Kier molecular flexibility index (Phi) is 5.27. The monoisotopic (exact) mass is 468 g/mol. The van der Waals surface area contributed by atoms with Gasteiger partial charge < -0.3 is 9.64 Å². The number of carbonyl (C=O) groups excluding carboxylic acids is 1. The summed E-state index contributed by atoms with van der Waals surface area (Å²) in [5, 5.41) is 4.18. The zero-order valence-electron chi connectivity index (χ0n) is 17.5. The van der Waals surface area contributed by atoms with Crippen molar-refractivity contribution in [3.63, 3.8) is 0 Å². The van der Waals surface area contributed by atoms with Crippen LogP contribution in [0.25, 0.3) is 5.69 Å². The molecule has 0 aliphatic carbocycles. The highest BCUT2D eigenvalue weighted by Gasteiger charge is 2.33. The predicted molar refractivity (Wildman–Crippen MR) is 113 cm³/mol. The van der Waals surface area contributed by atoms with Crippen molar-refractivity contribution in [2.75, 3.05) is 0 Å². The van der Waals surface area contributed by atoms with E-state index >= 15 is 0 Å². The minimum absolute atomic E-state index is 0.0326. The third-order valence-corrected chi connectivity index (χ3v) is 5.39. The Morgan fingerprint density at radius 3 is 2.53 bits per heavy atom. The van der Waals surface area contributed by atoms with Crippen molar-refractivity contribution >= 4 is 5.91 Å². The maximum Gasteiger partial charge on any atom is 0.417 e. The molecule has 0 N–H and O–H groups in total. The number of alkyl halides is 3. The van der Waals surface area contributed by atoms with Crippen molar-refractivity contribution < 1.29 is 27.1 Å². The Morgan fingerprint density at radius 2 is 1.85 bits per heavy atom. The van der Waals surface area contributed by atoms with Crippen LogP contribution in [-0.4, -0.2) is 25.6 Å². The van der Waals surface area contributed by atoms with Gasteiger partial charge in [0.05, 0.1) is 16.8 Å². The topological polar surface area (TPSA) is 60.2 Å². The van der Waals surface area contributed by atoms with Crippen molar-refractivity contribution in [3.8, 4) is 17.3 Å². The van der Waals surface area contributed by atoms with Crippen LogP contribution in [0.5, 0.6) is 11.6 Å². The van der Waals surface area contributed by atoms with Gasteiger partial charge in [-0.25, -0.2) is 14.1 Å². The number of pyridine rings is 1. The van der Waals surface area contributed by atoms with Crippen molar-refractivity contribution in [1.29, 1.82) is 0 Å². The maximum absolute atomic E-state index is 14.2. The average Bonchev–Trinajstić information content (AvgIpc) is 3.44. The van der Waals surface area contributed by atoms with Crippen LogP contribution >= 0.6 is 0 Å². The Labute approximate surface area is 191 Å². The largest absolute Gasteiger partial charge is 0.436 e. The molecule has 5 rings (SSSR count). The van der Waals surface area contributed by atoms with E-state index in [1.54, 1.807) is 27.9 Å². The van der Waals surface area contributed by atoms with E-state index in [1.165, 1.54) is 6.07 Å². The molecular formula is C24H16F4N4O2. The second-order valence-corrected chi connectivity index (χ2v) is 7.68. The minimum Gasteiger partial charge on any atom is -0.436 e. The van der Waals surface area contributed by atoms with E-state index in [9.17, 15) is 22.4 Å². The zero-order chi connectivity index (χ0) is 23.9. The third-order valence-electron chi connectivity index (χ3n) is 5.39. The van der Waals surface area contributed by atoms with Crippen molar-refractivity contribution in [3.05, 3.63) is 101 Å². The van der Waals surface area contributed by atoms with Gasteiger partial charge >= 0.3 is 6.18 Å². The van der Waals surface area contributed by atoms with Crippen LogP contribution in [-0.2, 0) is 19.3 Å². The van der Waals surface area contributed by atoms with Gasteiger partial charge in [0.25, 0.3) is 11.8 Å². The molecule has 10 heteroatoms. The summed E-state index contributed by atoms with van der Waals surface area (Å²) < 4.78 is 59.7. The molecule has 2 aromatic carbocycles. The standard InChI is InChI=1S/C24H16F4N4O2/c25-19-11-17(24(26,27)28)12-29-22(19)34-20-4-1-3-16-14-31(23(33)21(16)20)13-15-5-7-18(8-6-15)32-10-2-9-30-32/h1-12H,13-14H2. The Bertz CT molecular complexity index is 1350. The van der Waals surface area contributed by atoms with Gasteiger partial charge in [0.15, 0.2) is 5.82 Å². The molecule has 0 atom stereocenters. The molecule has 0 bridgehead atoms. The number of halogens is 4. The van der Waals surface area contributed by atoms with E-state index in [0.29, 0.717) is 30.9 Å². The van der Waals surface area contributed by atoms with Gasteiger partial charge in [-0.1, -0.05) is 24.3 Å². The smallest absolute Gasteiger partial charge is 0.417 e. The van der Waals surface area contributed by atoms with Gasteiger partial charge in [-0.05, 0) is 41.5 Å². The molecular weight excluding hydrogens is 452 g/mol. The molecule has 0 unspecified atom stereocenters. The van der Waals surface area contributed by atoms with E-state index < -0.39 is 23.4 Å². The number of amides is 1. The molecule has 0 saturated heterocycles. The first-order chi connectivity index (χ1) is 16.3. The number of fused-ring (bicyclic) bond motifs is 1. The van der Waals surface area contributed by atoms with Crippen LogP contribution in [0.3, 0.4) is 0 Å². The van der Waals surface area contributed by atoms with E-state index in [2.05, 4.69) is 10.1 Å². The summed E-state index contributed by atoms with van der Waals surface area (Å²) in [5.41, 5.74) is 1.46. The van der Waals surface area contributed by atoms with Crippen LogP contribution in [0.2, 0.25) is 0 Å². The number of benzene rings is 2. The van der Waals surface area contributed by atoms with Gasteiger partial charge in [-0.2, -0.15) is 18.3 Å². The zero-order valence-corrected chi connectivity index (χ0v) is 17.5. The van der Waals surface area contributed by atoms with E-state index in [1.807, 2.05) is 36.5 Å². The van der Waals surface area contributed by atoms with Crippen LogP contribution < -0.4 is 4.74 Å². The fourth-order valence-electron chi connectivity index (χ4n) is 3.76. The van der Waals surface area contributed by atoms with E-state index in [4.69, 9.17) is 4.74 Å². The number of rotatable bonds is 5. The number of nitrogens with zero attached hydrogens (tertiary/aromatic N) is 4. The van der Waals surface area contributed by atoms with Crippen LogP contribution in [0.1, 0.15) is 27.0 Å². The van der Waals surface area contributed by atoms with Gasteiger partial charge in [0.1, 0.15) is 5.75 Å². The summed E-state index contributed by atoms with van der Waals surface area (Å²) in [6.07, 6.45) is -0.735. The Balaban J connectivity index is 1.35. The van der Waals surface area contributed by atoms with Crippen LogP contribution in [0, 0.1) is 5.82 Å². The molecule has 1 aliphatic rings. The van der Waals surface area contributed by atoms with Gasteiger partial charge in [0, 0.05) is 31.7 Å². The molecule has 0 radical (unpaired) electrons. The second-order valence-electron chi connectivity index (χ2n) is 7.68. The fraction of sp³-hybridized carbons (Fsp3) is 0.125. The van der Waals surface area contributed by atoms with Gasteiger partial charge in [-0.3, -0.25) is 4.79 Å². The lowest BCUT2D eigenvalue weighted by Gasteiger charge is -2.16. The number of hydrogen-bond donors (Lipinski definition) is 0. The first-order valence-electron chi connectivity index (χ1n) is 10.2. The summed E-state index contributed by atoms with van der Waals surface area (Å²) in [6.45, 7) is 0.647. The second kappa shape index (κ2) is 8.29. The molecule has 4 aromatic rings. The number of aromatic nitrogens is 3. The summed E-state index contributed by atoms with van der Waals surface area (Å²) in [5.74, 6) is -2.20. The summed E-state index contributed by atoms with van der Waals surface area (Å²) >= 11 is 0. The average molecular weight is 468 g/mol.